The molecule has 1 unspecified atom stereocenters. The number of hydrogen-bond acceptors (Lipinski definition) is 3. The Balaban J connectivity index is 2.20. The third-order valence-corrected chi connectivity index (χ3v) is 3.06. The van der Waals surface area contributed by atoms with Gasteiger partial charge >= 0.3 is 0 Å². The maximum absolute atomic E-state index is 13.0. The lowest BCUT2D eigenvalue weighted by Crippen LogP contribution is -2.29. The van der Waals surface area contributed by atoms with E-state index in [1.165, 1.54) is 12.3 Å². The molecule has 0 bridgehead atoms. The van der Waals surface area contributed by atoms with Crippen molar-refractivity contribution in [1.29, 1.82) is 0 Å². The van der Waals surface area contributed by atoms with Crippen LogP contribution >= 0.6 is 0 Å². The number of carbonyl (C=O) groups excluding carboxylic acids is 1. The van der Waals surface area contributed by atoms with Crippen LogP contribution in [0, 0.1) is 5.95 Å². The first-order valence-corrected chi connectivity index (χ1v) is 5.88. The Morgan fingerprint density at radius 3 is 2.58 bits per heavy atom. The molecule has 0 aliphatic carbocycles. The first-order chi connectivity index (χ1) is 9.09. The molecule has 1 atom stereocenters. The fraction of sp³-hybridized carbons (Fsp3) is 0.214. The van der Waals surface area contributed by atoms with Crippen LogP contribution in [0.1, 0.15) is 28.9 Å². The average molecular weight is 259 g/mol. The monoisotopic (exact) mass is 259 g/mol. The zero-order chi connectivity index (χ0) is 13.8. The van der Waals surface area contributed by atoms with Gasteiger partial charge in [0.2, 0.25) is 5.95 Å². The lowest BCUT2D eigenvalue weighted by molar-refractivity contribution is 0.0742. The molecule has 4 nitrogen and oxygen atoms in total. The van der Waals surface area contributed by atoms with Crippen molar-refractivity contribution in [3.8, 4) is 0 Å². The topological polar surface area (TPSA) is 46.1 Å². The van der Waals surface area contributed by atoms with Gasteiger partial charge in [-0.2, -0.15) is 4.39 Å². The Morgan fingerprint density at radius 2 is 1.95 bits per heavy atom. The molecule has 0 radical (unpaired) electrons. The molecule has 0 N–H and O–H groups in total. The van der Waals surface area contributed by atoms with E-state index in [0.717, 1.165) is 11.6 Å². The molecule has 1 amide bonds. The molecular weight excluding hydrogens is 245 g/mol. The maximum Gasteiger partial charge on any atom is 0.254 e. The molecule has 0 saturated heterocycles. The average Bonchev–Trinajstić information content (AvgIpc) is 2.46. The van der Waals surface area contributed by atoms with Gasteiger partial charge in [-0.15, -0.1) is 0 Å². The number of amides is 1. The standard InChI is InChI=1S/C14H14FN3O/c1-10(11-3-6-16-7-4-11)18(2)14(19)12-5-8-17-13(15)9-12/h3-10H,1-2H3. The molecular formula is C14H14FN3O. The van der Waals surface area contributed by atoms with E-state index in [1.54, 1.807) is 24.3 Å². The highest BCUT2D eigenvalue weighted by atomic mass is 19.1. The van der Waals surface area contributed by atoms with Crippen molar-refractivity contribution in [2.75, 3.05) is 7.05 Å². The summed E-state index contributed by atoms with van der Waals surface area (Å²) in [5.41, 5.74) is 1.26. The van der Waals surface area contributed by atoms with Crippen LogP contribution in [0.3, 0.4) is 0 Å². The van der Waals surface area contributed by atoms with E-state index >= 15 is 0 Å². The predicted octanol–water partition coefficient (Wildman–Crippen LogP) is 2.45. The maximum atomic E-state index is 13.0. The molecule has 0 saturated carbocycles. The minimum Gasteiger partial charge on any atom is -0.335 e. The highest BCUT2D eigenvalue weighted by Gasteiger charge is 2.19. The number of hydrogen-bond donors (Lipinski definition) is 0. The van der Waals surface area contributed by atoms with Crippen LogP contribution in [0.15, 0.2) is 42.9 Å². The second-order valence-electron chi connectivity index (χ2n) is 4.24. The SMILES string of the molecule is CC(c1ccncc1)N(C)C(=O)c1ccnc(F)c1. The smallest absolute Gasteiger partial charge is 0.254 e. The van der Waals surface area contributed by atoms with Crippen LogP contribution in [0.25, 0.3) is 0 Å². The first kappa shape index (κ1) is 13.1. The van der Waals surface area contributed by atoms with Crippen LogP contribution in [-0.4, -0.2) is 27.8 Å². The summed E-state index contributed by atoms with van der Waals surface area (Å²) in [5, 5.41) is 0. The van der Waals surface area contributed by atoms with Crippen LogP contribution in [0.2, 0.25) is 0 Å². The van der Waals surface area contributed by atoms with Crippen molar-refractivity contribution in [2.45, 2.75) is 13.0 Å². The van der Waals surface area contributed by atoms with Crippen molar-refractivity contribution in [1.82, 2.24) is 14.9 Å². The molecule has 0 aliphatic rings. The Kier molecular flexibility index (Phi) is 3.85. The molecule has 0 spiro atoms. The van der Waals surface area contributed by atoms with Crippen LogP contribution in [0.5, 0.6) is 0 Å². The fourth-order valence-electron chi connectivity index (χ4n) is 1.78. The summed E-state index contributed by atoms with van der Waals surface area (Å²) in [5.74, 6) is -0.901. The highest BCUT2D eigenvalue weighted by molar-refractivity contribution is 5.94. The summed E-state index contributed by atoms with van der Waals surface area (Å²) in [6, 6.07) is 6.22. The molecule has 98 valence electrons. The van der Waals surface area contributed by atoms with Gasteiger partial charge in [-0.1, -0.05) is 0 Å². The Hall–Kier alpha value is -2.30. The van der Waals surface area contributed by atoms with Crippen LogP contribution < -0.4 is 0 Å². The molecule has 0 aromatic carbocycles. The predicted molar refractivity (Wildman–Crippen MR) is 68.9 cm³/mol. The summed E-state index contributed by atoms with van der Waals surface area (Å²) in [6.45, 7) is 1.91. The van der Waals surface area contributed by atoms with Gasteiger partial charge < -0.3 is 4.90 Å². The number of carbonyl (C=O) groups is 1. The lowest BCUT2D eigenvalue weighted by atomic mass is 10.1. The van der Waals surface area contributed by atoms with Gasteiger partial charge in [0.1, 0.15) is 0 Å². The summed E-state index contributed by atoms with van der Waals surface area (Å²) in [6.07, 6.45) is 4.64. The molecule has 0 aliphatic heterocycles. The van der Waals surface area contributed by atoms with Gasteiger partial charge in [-0.05, 0) is 30.7 Å². The number of aromatic nitrogens is 2. The van der Waals surface area contributed by atoms with Crippen molar-refractivity contribution in [3.05, 3.63) is 59.9 Å². The van der Waals surface area contributed by atoms with Gasteiger partial charge in [0.25, 0.3) is 5.91 Å². The number of halogens is 1. The van der Waals surface area contributed by atoms with E-state index in [2.05, 4.69) is 9.97 Å². The summed E-state index contributed by atoms with van der Waals surface area (Å²) < 4.78 is 13.0. The van der Waals surface area contributed by atoms with E-state index in [9.17, 15) is 9.18 Å². The number of rotatable bonds is 3. The lowest BCUT2D eigenvalue weighted by Gasteiger charge is -2.25. The number of pyridine rings is 2. The van der Waals surface area contributed by atoms with Crippen molar-refractivity contribution >= 4 is 5.91 Å². The summed E-state index contributed by atoms with van der Waals surface area (Å²) in [7, 11) is 1.69. The fourth-order valence-corrected chi connectivity index (χ4v) is 1.78. The van der Waals surface area contributed by atoms with E-state index in [-0.39, 0.29) is 17.5 Å². The van der Waals surface area contributed by atoms with Gasteiger partial charge in [-0.3, -0.25) is 9.78 Å². The molecule has 5 heteroatoms. The molecule has 2 heterocycles. The summed E-state index contributed by atoms with van der Waals surface area (Å²) >= 11 is 0. The normalized spacial score (nSPS) is 11.9. The van der Waals surface area contributed by atoms with Gasteiger partial charge in [-0.25, -0.2) is 4.98 Å². The zero-order valence-electron chi connectivity index (χ0n) is 10.7. The van der Waals surface area contributed by atoms with Crippen molar-refractivity contribution in [2.24, 2.45) is 0 Å². The van der Waals surface area contributed by atoms with Gasteiger partial charge in [0.15, 0.2) is 0 Å². The van der Waals surface area contributed by atoms with Crippen molar-refractivity contribution < 1.29 is 9.18 Å². The molecule has 2 aromatic rings. The number of nitrogens with zero attached hydrogens (tertiary/aromatic N) is 3. The molecule has 0 fully saturated rings. The van der Waals surface area contributed by atoms with Gasteiger partial charge in [0, 0.05) is 37.3 Å². The third-order valence-electron chi connectivity index (χ3n) is 3.06. The molecule has 19 heavy (non-hydrogen) atoms. The summed E-state index contributed by atoms with van der Waals surface area (Å²) in [4.78, 5) is 21.2. The van der Waals surface area contributed by atoms with Crippen LogP contribution in [0.4, 0.5) is 4.39 Å². The van der Waals surface area contributed by atoms with Gasteiger partial charge in [0.05, 0.1) is 6.04 Å². The largest absolute Gasteiger partial charge is 0.335 e. The Labute approximate surface area is 110 Å². The Morgan fingerprint density at radius 1 is 1.26 bits per heavy atom. The van der Waals surface area contributed by atoms with E-state index in [4.69, 9.17) is 0 Å². The molecule has 2 rings (SSSR count). The second-order valence-corrected chi connectivity index (χ2v) is 4.24. The van der Waals surface area contributed by atoms with E-state index in [1.807, 2.05) is 19.1 Å². The first-order valence-electron chi connectivity index (χ1n) is 5.88. The quantitative estimate of drug-likeness (QED) is 0.795. The van der Waals surface area contributed by atoms with E-state index in [0.29, 0.717) is 0 Å². The van der Waals surface area contributed by atoms with Crippen molar-refractivity contribution in [3.63, 3.8) is 0 Å². The minimum absolute atomic E-state index is 0.119. The minimum atomic E-state index is -0.657. The Bertz CT molecular complexity index is 574. The highest BCUT2D eigenvalue weighted by Crippen LogP contribution is 2.19. The third kappa shape index (κ3) is 2.93. The van der Waals surface area contributed by atoms with Crippen LogP contribution in [-0.2, 0) is 0 Å². The van der Waals surface area contributed by atoms with E-state index < -0.39 is 5.95 Å². The zero-order valence-corrected chi connectivity index (χ0v) is 10.7. The molecule has 2 aromatic heterocycles. The second kappa shape index (κ2) is 5.56.